The minimum absolute atomic E-state index is 0.133. The van der Waals surface area contributed by atoms with Crippen LogP contribution in [0.15, 0.2) is 12.1 Å². The molecule has 6 heteroatoms. The number of amides is 1. The first-order valence-electron chi connectivity index (χ1n) is 8.36. The Bertz CT molecular complexity index is 782. The van der Waals surface area contributed by atoms with Gasteiger partial charge in [-0.25, -0.2) is 14.4 Å². The first-order chi connectivity index (χ1) is 11.4. The summed E-state index contributed by atoms with van der Waals surface area (Å²) in [4.78, 5) is 23.5. The van der Waals surface area contributed by atoms with Gasteiger partial charge in [-0.2, -0.15) is 0 Å². The molecule has 3 rings (SSSR count). The molecule has 2 N–H and O–H groups in total. The smallest absolute Gasteiger partial charge is 0.256 e. The minimum atomic E-state index is -0.464. The third kappa shape index (κ3) is 3.11. The number of likely N-dealkylation sites (tertiary alicyclic amines) is 1. The zero-order valence-electron chi connectivity index (χ0n) is 14.3. The van der Waals surface area contributed by atoms with Crippen LogP contribution in [0.2, 0.25) is 0 Å². The topological polar surface area (TPSA) is 72.1 Å². The summed E-state index contributed by atoms with van der Waals surface area (Å²) < 4.78 is 14.0. The highest BCUT2D eigenvalue weighted by atomic mass is 19.1. The van der Waals surface area contributed by atoms with Gasteiger partial charge in [0.2, 0.25) is 0 Å². The molecule has 0 spiro atoms. The SMILES string of the molecule is Cc1nc2cc(F)cc(C(=O)N3CCC(C(C)N)CC3)c2nc1C. The van der Waals surface area contributed by atoms with Gasteiger partial charge >= 0.3 is 0 Å². The van der Waals surface area contributed by atoms with Gasteiger partial charge in [-0.3, -0.25) is 4.79 Å². The van der Waals surface area contributed by atoms with Crippen LogP contribution in [0.5, 0.6) is 0 Å². The van der Waals surface area contributed by atoms with Crippen LogP contribution in [-0.4, -0.2) is 39.9 Å². The van der Waals surface area contributed by atoms with E-state index in [4.69, 9.17) is 5.73 Å². The number of aromatic nitrogens is 2. The number of halogens is 1. The van der Waals surface area contributed by atoms with Crippen LogP contribution in [0.4, 0.5) is 4.39 Å². The van der Waals surface area contributed by atoms with Crippen molar-refractivity contribution in [1.82, 2.24) is 14.9 Å². The highest BCUT2D eigenvalue weighted by Gasteiger charge is 2.27. The average molecular weight is 330 g/mol. The zero-order valence-corrected chi connectivity index (χ0v) is 14.3. The van der Waals surface area contributed by atoms with E-state index in [1.165, 1.54) is 12.1 Å². The van der Waals surface area contributed by atoms with Crippen molar-refractivity contribution in [2.24, 2.45) is 11.7 Å². The Morgan fingerprint density at radius 3 is 2.50 bits per heavy atom. The standard InChI is InChI=1S/C18H23FN4O/c1-10(20)13-4-6-23(7-5-13)18(24)15-8-14(19)9-16-17(15)22-12(3)11(2)21-16/h8-10,13H,4-7,20H2,1-3H3. The van der Waals surface area contributed by atoms with Gasteiger partial charge in [-0.15, -0.1) is 0 Å². The van der Waals surface area contributed by atoms with Crippen molar-refractivity contribution >= 4 is 16.9 Å². The van der Waals surface area contributed by atoms with E-state index in [1.54, 1.807) is 4.90 Å². The molecule has 0 aliphatic carbocycles. The van der Waals surface area contributed by atoms with E-state index >= 15 is 0 Å². The van der Waals surface area contributed by atoms with Crippen LogP contribution in [-0.2, 0) is 0 Å². The first-order valence-corrected chi connectivity index (χ1v) is 8.36. The third-order valence-corrected chi connectivity index (χ3v) is 4.95. The summed E-state index contributed by atoms with van der Waals surface area (Å²) in [5.74, 6) is -0.211. The lowest BCUT2D eigenvalue weighted by molar-refractivity contribution is 0.0682. The Kier molecular flexibility index (Phi) is 4.49. The fourth-order valence-electron chi connectivity index (χ4n) is 3.26. The van der Waals surface area contributed by atoms with Crippen molar-refractivity contribution in [1.29, 1.82) is 0 Å². The van der Waals surface area contributed by atoms with E-state index in [1.807, 2.05) is 20.8 Å². The number of piperidine rings is 1. The fourth-order valence-corrected chi connectivity index (χ4v) is 3.26. The minimum Gasteiger partial charge on any atom is -0.339 e. The highest BCUT2D eigenvalue weighted by molar-refractivity contribution is 6.04. The molecule has 0 saturated carbocycles. The Morgan fingerprint density at radius 1 is 1.25 bits per heavy atom. The third-order valence-electron chi connectivity index (χ3n) is 4.95. The van der Waals surface area contributed by atoms with E-state index < -0.39 is 5.82 Å². The fraction of sp³-hybridized carbons (Fsp3) is 0.500. The van der Waals surface area contributed by atoms with Crippen LogP contribution in [0.3, 0.4) is 0 Å². The molecule has 1 fully saturated rings. The maximum Gasteiger partial charge on any atom is 0.256 e. The molecule has 1 saturated heterocycles. The van der Waals surface area contributed by atoms with Gasteiger partial charge in [0.1, 0.15) is 11.3 Å². The lowest BCUT2D eigenvalue weighted by atomic mass is 9.90. The molecule has 1 aliphatic heterocycles. The van der Waals surface area contributed by atoms with E-state index in [0.717, 1.165) is 24.2 Å². The summed E-state index contributed by atoms with van der Waals surface area (Å²) in [6, 6.07) is 2.73. The van der Waals surface area contributed by atoms with Crippen molar-refractivity contribution < 1.29 is 9.18 Å². The van der Waals surface area contributed by atoms with Crippen molar-refractivity contribution in [3.63, 3.8) is 0 Å². The van der Waals surface area contributed by atoms with Gasteiger partial charge in [0.15, 0.2) is 0 Å². The summed E-state index contributed by atoms with van der Waals surface area (Å²) >= 11 is 0. The molecule has 5 nitrogen and oxygen atoms in total. The van der Waals surface area contributed by atoms with Gasteiger partial charge in [-0.1, -0.05) is 0 Å². The Labute approximate surface area is 141 Å². The zero-order chi connectivity index (χ0) is 17.4. The number of fused-ring (bicyclic) bond motifs is 1. The van der Waals surface area contributed by atoms with E-state index in [0.29, 0.717) is 35.6 Å². The molecule has 2 heterocycles. The van der Waals surface area contributed by atoms with Crippen molar-refractivity contribution in [2.75, 3.05) is 13.1 Å². The molecular formula is C18H23FN4O. The number of hydrogen-bond donors (Lipinski definition) is 1. The number of hydrogen-bond acceptors (Lipinski definition) is 4. The molecule has 1 aromatic heterocycles. The predicted molar refractivity (Wildman–Crippen MR) is 91.2 cm³/mol. The lowest BCUT2D eigenvalue weighted by Gasteiger charge is -2.33. The predicted octanol–water partition coefficient (Wildman–Crippen LogP) is 2.59. The second-order valence-electron chi connectivity index (χ2n) is 6.70. The number of benzene rings is 1. The summed E-state index contributed by atoms with van der Waals surface area (Å²) in [7, 11) is 0. The maximum absolute atomic E-state index is 14.0. The Morgan fingerprint density at radius 2 is 1.88 bits per heavy atom. The molecule has 1 aliphatic rings. The van der Waals surface area contributed by atoms with Crippen molar-refractivity contribution in [2.45, 2.75) is 39.7 Å². The number of nitrogens with zero attached hydrogens (tertiary/aromatic N) is 3. The number of carbonyl (C=O) groups excluding carboxylic acids is 1. The van der Waals surface area contributed by atoms with E-state index in [9.17, 15) is 9.18 Å². The van der Waals surface area contributed by atoms with Crippen LogP contribution in [0, 0.1) is 25.6 Å². The van der Waals surface area contributed by atoms with Gasteiger partial charge in [0.05, 0.1) is 22.5 Å². The molecule has 1 aromatic carbocycles. The number of rotatable bonds is 2. The molecule has 2 aromatic rings. The number of carbonyl (C=O) groups is 1. The molecule has 128 valence electrons. The molecular weight excluding hydrogens is 307 g/mol. The maximum atomic E-state index is 14.0. The van der Waals surface area contributed by atoms with Crippen LogP contribution in [0.1, 0.15) is 41.5 Å². The van der Waals surface area contributed by atoms with E-state index in [-0.39, 0.29) is 11.9 Å². The van der Waals surface area contributed by atoms with Crippen LogP contribution < -0.4 is 5.73 Å². The molecule has 1 amide bonds. The Balaban J connectivity index is 1.94. The van der Waals surface area contributed by atoms with Crippen molar-refractivity contribution in [3.8, 4) is 0 Å². The van der Waals surface area contributed by atoms with Gasteiger partial charge < -0.3 is 10.6 Å². The van der Waals surface area contributed by atoms with Crippen LogP contribution in [0.25, 0.3) is 11.0 Å². The number of aryl methyl sites for hydroxylation is 2. The summed E-state index contributed by atoms with van der Waals surface area (Å²) in [5.41, 5.74) is 8.63. The number of nitrogens with two attached hydrogens (primary N) is 1. The quantitative estimate of drug-likeness (QED) is 0.918. The normalized spacial score (nSPS) is 17.3. The average Bonchev–Trinajstić information content (AvgIpc) is 2.55. The van der Waals surface area contributed by atoms with Crippen LogP contribution >= 0.6 is 0 Å². The molecule has 1 atom stereocenters. The molecule has 0 bridgehead atoms. The van der Waals surface area contributed by atoms with Crippen molar-refractivity contribution in [3.05, 3.63) is 34.9 Å². The van der Waals surface area contributed by atoms with E-state index in [2.05, 4.69) is 9.97 Å². The van der Waals surface area contributed by atoms with Gasteiger partial charge in [-0.05, 0) is 45.6 Å². The molecule has 0 radical (unpaired) electrons. The molecule has 24 heavy (non-hydrogen) atoms. The van der Waals surface area contributed by atoms with Gasteiger partial charge in [0.25, 0.3) is 5.91 Å². The highest BCUT2D eigenvalue weighted by Crippen LogP contribution is 2.24. The second-order valence-corrected chi connectivity index (χ2v) is 6.70. The summed E-state index contributed by atoms with van der Waals surface area (Å²) in [6.45, 7) is 6.95. The first kappa shape index (κ1) is 16.8. The summed E-state index contributed by atoms with van der Waals surface area (Å²) in [6.07, 6.45) is 1.75. The summed E-state index contributed by atoms with van der Waals surface area (Å²) in [5, 5.41) is 0. The monoisotopic (exact) mass is 330 g/mol. The largest absolute Gasteiger partial charge is 0.339 e. The Hall–Kier alpha value is -2.08. The second kappa shape index (κ2) is 6.43. The molecule has 1 unspecified atom stereocenters. The lowest BCUT2D eigenvalue weighted by Crippen LogP contribution is -2.42. The van der Waals surface area contributed by atoms with Gasteiger partial charge in [0, 0.05) is 25.2 Å².